The molecule has 0 fully saturated rings. The summed E-state index contributed by atoms with van der Waals surface area (Å²) in [6.45, 7) is 6.39. The average molecular weight is 533 g/mol. The Balaban J connectivity index is 1.47. The Bertz CT molecular complexity index is 1360. The molecule has 0 aliphatic heterocycles. The van der Waals surface area contributed by atoms with Crippen molar-refractivity contribution < 1.29 is 42.5 Å². The molecule has 0 saturated heterocycles. The molecule has 0 aromatic heterocycles. The minimum absolute atomic E-state index is 0.00366. The first-order chi connectivity index (χ1) is 18.8. The number of ketones is 2. The van der Waals surface area contributed by atoms with Gasteiger partial charge in [-0.3, -0.25) is 9.59 Å². The van der Waals surface area contributed by atoms with Gasteiger partial charge in [0.05, 0.1) is 17.7 Å². The second-order valence-electron chi connectivity index (χ2n) is 8.01. The number of ether oxygens (including phenoxy) is 4. The normalized spacial score (nSPS) is 10.2. The molecule has 200 valence electrons. The van der Waals surface area contributed by atoms with Crippen LogP contribution >= 0.6 is 0 Å². The monoisotopic (exact) mass is 532 g/mol. The predicted octanol–water partition coefficient (Wildman–Crippen LogP) is 4.71. The molecule has 39 heavy (non-hydrogen) atoms. The number of hydrogen-bond acceptors (Lipinski definition) is 8. The van der Waals surface area contributed by atoms with Gasteiger partial charge >= 0.3 is 11.9 Å². The molecular formula is C30H25FO8. The molecule has 0 N–H and O–H groups in total. The highest BCUT2D eigenvalue weighted by Crippen LogP contribution is 2.21. The van der Waals surface area contributed by atoms with Crippen LogP contribution in [0.3, 0.4) is 0 Å². The van der Waals surface area contributed by atoms with Gasteiger partial charge in [-0.05, 0) is 78.4 Å². The molecule has 8 nitrogen and oxygen atoms in total. The molecule has 0 heterocycles. The lowest BCUT2D eigenvalue weighted by Crippen LogP contribution is -2.11. The summed E-state index contributed by atoms with van der Waals surface area (Å²) in [5.74, 6) is -2.10. The van der Waals surface area contributed by atoms with Gasteiger partial charge in [0, 0.05) is 6.42 Å². The second kappa shape index (κ2) is 14.0. The molecule has 0 radical (unpaired) electrons. The number of rotatable bonds is 14. The van der Waals surface area contributed by atoms with E-state index in [1.165, 1.54) is 60.7 Å². The minimum atomic E-state index is -0.770. The van der Waals surface area contributed by atoms with Gasteiger partial charge < -0.3 is 18.9 Å². The number of carbonyl (C=O) groups is 4. The highest BCUT2D eigenvalue weighted by Gasteiger charge is 2.14. The summed E-state index contributed by atoms with van der Waals surface area (Å²) in [5, 5.41) is 0. The van der Waals surface area contributed by atoms with E-state index in [0.717, 1.165) is 12.2 Å². The van der Waals surface area contributed by atoms with Crippen molar-refractivity contribution in [1.29, 1.82) is 0 Å². The molecular weight excluding hydrogens is 507 g/mol. The van der Waals surface area contributed by atoms with Crippen molar-refractivity contribution in [2.24, 2.45) is 0 Å². The van der Waals surface area contributed by atoms with E-state index in [2.05, 4.69) is 13.2 Å². The molecule has 0 aliphatic carbocycles. The number of halogens is 1. The Morgan fingerprint density at radius 1 is 0.718 bits per heavy atom. The van der Waals surface area contributed by atoms with E-state index in [9.17, 15) is 23.6 Å². The van der Waals surface area contributed by atoms with Crippen molar-refractivity contribution in [1.82, 2.24) is 0 Å². The molecule has 0 bridgehead atoms. The maximum absolute atomic E-state index is 14.5. The zero-order valence-corrected chi connectivity index (χ0v) is 20.9. The lowest BCUT2D eigenvalue weighted by atomic mass is 10.1. The van der Waals surface area contributed by atoms with Gasteiger partial charge in [0.2, 0.25) is 0 Å². The van der Waals surface area contributed by atoms with Crippen LogP contribution in [-0.4, -0.2) is 43.3 Å². The van der Waals surface area contributed by atoms with Gasteiger partial charge in [-0.1, -0.05) is 19.2 Å². The average Bonchev–Trinajstić information content (AvgIpc) is 2.96. The highest BCUT2D eigenvalue weighted by atomic mass is 19.1. The van der Waals surface area contributed by atoms with Crippen LogP contribution < -0.4 is 14.2 Å². The zero-order chi connectivity index (χ0) is 28.2. The summed E-state index contributed by atoms with van der Waals surface area (Å²) in [6.07, 6.45) is 2.54. The van der Waals surface area contributed by atoms with Gasteiger partial charge in [-0.2, -0.15) is 0 Å². The summed E-state index contributed by atoms with van der Waals surface area (Å²) < 4.78 is 35.5. The van der Waals surface area contributed by atoms with Gasteiger partial charge in [0.1, 0.15) is 11.5 Å². The summed E-state index contributed by atoms with van der Waals surface area (Å²) in [7, 11) is 0. The number of carbonyl (C=O) groups excluding carboxylic acids is 4. The Kier molecular flexibility index (Phi) is 10.3. The van der Waals surface area contributed by atoms with E-state index in [-0.39, 0.29) is 54.7 Å². The molecule has 9 heteroatoms. The zero-order valence-electron chi connectivity index (χ0n) is 20.9. The van der Waals surface area contributed by atoms with Crippen LogP contribution in [0.15, 0.2) is 92.0 Å². The molecule has 0 amide bonds. The lowest BCUT2D eigenvalue weighted by molar-refractivity contribution is -0.117. The third kappa shape index (κ3) is 8.78. The number of hydrogen-bond donors (Lipinski definition) is 0. The molecule has 3 rings (SSSR count). The Labute approximate surface area is 224 Å². The fraction of sp³-hybridized carbons (Fsp3) is 0.133. The van der Waals surface area contributed by atoms with Crippen LogP contribution in [-0.2, 0) is 20.7 Å². The van der Waals surface area contributed by atoms with Gasteiger partial charge in [0.25, 0.3) is 0 Å². The van der Waals surface area contributed by atoms with Crippen LogP contribution in [0.25, 0.3) is 0 Å². The van der Waals surface area contributed by atoms with Gasteiger partial charge in [-0.15, -0.1) is 0 Å². The van der Waals surface area contributed by atoms with E-state index in [4.69, 9.17) is 18.9 Å². The van der Waals surface area contributed by atoms with Crippen molar-refractivity contribution in [3.8, 4) is 17.2 Å². The van der Waals surface area contributed by atoms with Crippen molar-refractivity contribution >= 4 is 23.5 Å². The van der Waals surface area contributed by atoms with Crippen molar-refractivity contribution in [3.05, 3.63) is 115 Å². The molecule has 0 spiro atoms. The fourth-order valence-corrected chi connectivity index (χ4v) is 3.09. The summed E-state index contributed by atoms with van der Waals surface area (Å²) >= 11 is 0. The smallest absolute Gasteiger partial charge is 0.343 e. The largest absolute Gasteiger partial charge is 0.485 e. The predicted molar refractivity (Wildman–Crippen MR) is 140 cm³/mol. The number of benzene rings is 3. The number of esters is 2. The van der Waals surface area contributed by atoms with Gasteiger partial charge in [0.15, 0.2) is 36.3 Å². The maximum Gasteiger partial charge on any atom is 0.343 e. The lowest BCUT2D eigenvalue weighted by Gasteiger charge is -2.09. The van der Waals surface area contributed by atoms with Crippen molar-refractivity contribution in [2.75, 3.05) is 19.8 Å². The topological polar surface area (TPSA) is 105 Å². The SMILES string of the molecule is C=CC(=O)COc1ccc(C(=O)OCCc2ccc(OC(=O)c3ccc(OCC(=O)C=C)cc3)c(F)c2)cc1. The molecule has 0 unspecified atom stereocenters. The first kappa shape index (κ1) is 28.5. The second-order valence-corrected chi connectivity index (χ2v) is 8.01. The van der Waals surface area contributed by atoms with E-state index in [0.29, 0.717) is 17.1 Å². The van der Waals surface area contributed by atoms with E-state index >= 15 is 0 Å². The minimum Gasteiger partial charge on any atom is -0.485 e. The van der Waals surface area contributed by atoms with Crippen LogP contribution in [0.5, 0.6) is 17.2 Å². The fourth-order valence-electron chi connectivity index (χ4n) is 3.09. The maximum atomic E-state index is 14.5. The Morgan fingerprint density at radius 2 is 1.23 bits per heavy atom. The highest BCUT2D eigenvalue weighted by molar-refractivity contribution is 5.92. The van der Waals surface area contributed by atoms with E-state index in [1.54, 1.807) is 6.07 Å². The van der Waals surface area contributed by atoms with Crippen LogP contribution in [0.1, 0.15) is 26.3 Å². The quantitative estimate of drug-likeness (QED) is 0.167. The van der Waals surface area contributed by atoms with Crippen LogP contribution in [0.4, 0.5) is 4.39 Å². The first-order valence-electron chi connectivity index (χ1n) is 11.7. The standard InChI is InChI=1S/C30H25FO8/c1-3-23(32)18-37-25-10-6-21(7-11-25)29(34)36-16-15-20-5-14-28(27(31)17-20)39-30(35)22-8-12-26(13-9-22)38-19-24(33)4-2/h3-14,17H,1-2,15-16,18-19H2. The van der Waals surface area contributed by atoms with Crippen molar-refractivity contribution in [2.45, 2.75) is 6.42 Å². The molecule has 3 aromatic carbocycles. The Hall–Kier alpha value is -5.05. The summed E-state index contributed by atoms with van der Waals surface area (Å²) in [6, 6.07) is 16.0. The van der Waals surface area contributed by atoms with E-state index < -0.39 is 17.8 Å². The molecule has 3 aromatic rings. The third-order valence-electron chi connectivity index (χ3n) is 5.22. The van der Waals surface area contributed by atoms with E-state index in [1.807, 2.05) is 0 Å². The molecule has 0 saturated carbocycles. The first-order valence-corrected chi connectivity index (χ1v) is 11.7. The van der Waals surface area contributed by atoms with Crippen LogP contribution in [0, 0.1) is 5.82 Å². The van der Waals surface area contributed by atoms with Crippen LogP contribution in [0.2, 0.25) is 0 Å². The molecule has 0 atom stereocenters. The third-order valence-corrected chi connectivity index (χ3v) is 5.22. The van der Waals surface area contributed by atoms with Gasteiger partial charge in [-0.25, -0.2) is 14.0 Å². The Morgan fingerprint density at radius 3 is 1.72 bits per heavy atom. The summed E-state index contributed by atoms with van der Waals surface area (Å²) in [4.78, 5) is 47.1. The molecule has 0 aliphatic rings. The van der Waals surface area contributed by atoms with Crippen molar-refractivity contribution in [3.63, 3.8) is 0 Å². The summed E-state index contributed by atoms with van der Waals surface area (Å²) in [5.41, 5.74) is 0.986.